The number of hydrogen-bond donors (Lipinski definition) is 0. The molecule has 0 atom stereocenters. The average Bonchev–Trinajstić information content (AvgIpc) is 2.67. The summed E-state index contributed by atoms with van der Waals surface area (Å²) in [4.78, 5) is 18.2. The Kier molecular flexibility index (Phi) is 4.87. The van der Waals surface area contributed by atoms with Gasteiger partial charge in [0.05, 0.1) is 0 Å². The smallest absolute Gasteiger partial charge is 0.182 e. The van der Waals surface area contributed by atoms with Gasteiger partial charge in [-0.25, -0.2) is 15.0 Å². The molecule has 0 saturated carbocycles. The number of hydrogen-bond acceptors (Lipinski definition) is 4. The zero-order chi connectivity index (χ0) is 16.8. The summed E-state index contributed by atoms with van der Waals surface area (Å²) >= 11 is 0. The van der Waals surface area contributed by atoms with Gasteiger partial charge in [-0.2, -0.15) is 0 Å². The molecule has 4 nitrogen and oxygen atoms in total. The van der Waals surface area contributed by atoms with Crippen LogP contribution < -0.4 is 0 Å². The standard InChI is InChI=1S/C20H18N4/c1-3-17(21-4-2)20-23-18(15-11-7-5-8-12-15)22-19(24-20)16-13-9-6-10-14-16/h3-14H,1-2H3/b17-3-,21-4-. The monoisotopic (exact) mass is 314 g/mol. The Morgan fingerprint density at radius 2 is 1.25 bits per heavy atom. The van der Waals surface area contributed by atoms with Crippen LogP contribution in [0.3, 0.4) is 0 Å². The van der Waals surface area contributed by atoms with Crippen LogP contribution in [0.4, 0.5) is 0 Å². The SMILES string of the molecule is C/C=N\C(=C/C)c1nc(-c2ccccc2)nc(-c2ccccc2)n1. The number of benzene rings is 2. The molecule has 118 valence electrons. The summed E-state index contributed by atoms with van der Waals surface area (Å²) in [5, 5.41) is 0. The highest BCUT2D eigenvalue weighted by Gasteiger charge is 2.12. The Balaban J connectivity index is 2.20. The van der Waals surface area contributed by atoms with Crippen molar-refractivity contribution in [1.29, 1.82) is 0 Å². The first-order chi connectivity index (χ1) is 11.8. The minimum absolute atomic E-state index is 0.573. The van der Waals surface area contributed by atoms with Gasteiger partial charge < -0.3 is 0 Å². The fourth-order valence-electron chi connectivity index (χ4n) is 2.32. The van der Waals surface area contributed by atoms with Crippen molar-refractivity contribution in [1.82, 2.24) is 15.0 Å². The van der Waals surface area contributed by atoms with Crippen molar-refractivity contribution < 1.29 is 0 Å². The van der Waals surface area contributed by atoms with Crippen LogP contribution in [0.15, 0.2) is 71.7 Å². The van der Waals surface area contributed by atoms with E-state index in [1.165, 1.54) is 0 Å². The summed E-state index contributed by atoms with van der Waals surface area (Å²) in [5.41, 5.74) is 2.64. The summed E-state index contributed by atoms with van der Waals surface area (Å²) < 4.78 is 0. The molecule has 2 aromatic carbocycles. The molecule has 0 aliphatic rings. The maximum Gasteiger partial charge on any atom is 0.182 e. The van der Waals surface area contributed by atoms with Crippen LogP contribution in [0.25, 0.3) is 28.5 Å². The predicted octanol–water partition coefficient (Wildman–Crippen LogP) is 4.66. The highest BCUT2D eigenvalue weighted by molar-refractivity contribution is 5.71. The van der Waals surface area contributed by atoms with Gasteiger partial charge in [0.25, 0.3) is 0 Å². The van der Waals surface area contributed by atoms with E-state index in [0.717, 1.165) is 16.8 Å². The first-order valence-electron chi connectivity index (χ1n) is 7.84. The minimum atomic E-state index is 0.573. The molecule has 0 aliphatic heterocycles. The predicted molar refractivity (Wildman–Crippen MR) is 98.5 cm³/mol. The van der Waals surface area contributed by atoms with E-state index in [-0.39, 0.29) is 0 Å². The largest absolute Gasteiger partial charge is 0.258 e. The van der Waals surface area contributed by atoms with Gasteiger partial charge in [0.2, 0.25) is 0 Å². The van der Waals surface area contributed by atoms with E-state index in [1.54, 1.807) is 6.21 Å². The molecule has 24 heavy (non-hydrogen) atoms. The highest BCUT2D eigenvalue weighted by Crippen LogP contribution is 2.22. The fraction of sp³-hybridized carbons (Fsp3) is 0.100. The first-order valence-corrected chi connectivity index (χ1v) is 7.84. The molecule has 0 bridgehead atoms. The Hall–Kier alpha value is -3.14. The highest BCUT2D eigenvalue weighted by atomic mass is 15.1. The molecule has 0 N–H and O–H groups in total. The van der Waals surface area contributed by atoms with E-state index < -0.39 is 0 Å². The number of rotatable bonds is 4. The van der Waals surface area contributed by atoms with Crippen LogP contribution in [0.5, 0.6) is 0 Å². The Labute approximate surface area is 141 Å². The molecule has 3 rings (SSSR count). The normalized spacial score (nSPS) is 11.8. The van der Waals surface area contributed by atoms with E-state index in [9.17, 15) is 0 Å². The van der Waals surface area contributed by atoms with Crippen molar-refractivity contribution in [3.05, 3.63) is 72.6 Å². The molecular weight excluding hydrogens is 296 g/mol. The zero-order valence-corrected chi connectivity index (χ0v) is 13.7. The molecule has 4 heteroatoms. The molecule has 1 heterocycles. The van der Waals surface area contributed by atoms with Gasteiger partial charge >= 0.3 is 0 Å². The molecule has 1 aromatic heterocycles. The first kappa shape index (κ1) is 15.7. The average molecular weight is 314 g/mol. The number of aromatic nitrogens is 3. The molecule has 0 spiro atoms. The van der Waals surface area contributed by atoms with Gasteiger partial charge in [-0.05, 0) is 13.8 Å². The molecular formula is C20H18N4. The number of allylic oxidation sites excluding steroid dienone is 1. The van der Waals surface area contributed by atoms with Crippen LogP contribution in [0.2, 0.25) is 0 Å². The molecule has 0 aliphatic carbocycles. The third kappa shape index (κ3) is 3.43. The van der Waals surface area contributed by atoms with Crippen molar-refractivity contribution in [2.45, 2.75) is 13.8 Å². The lowest BCUT2D eigenvalue weighted by Crippen LogP contribution is -2.02. The fourth-order valence-corrected chi connectivity index (χ4v) is 2.32. The van der Waals surface area contributed by atoms with Crippen LogP contribution in [0.1, 0.15) is 19.7 Å². The molecule has 0 radical (unpaired) electrons. The number of aliphatic imine (C=N–C) groups is 1. The van der Waals surface area contributed by atoms with E-state index in [1.807, 2.05) is 80.6 Å². The van der Waals surface area contributed by atoms with Crippen molar-refractivity contribution in [2.75, 3.05) is 0 Å². The van der Waals surface area contributed by atoms with E-state index in [0.29, 0.717) is 17.5 Å². The van der Waals surface area contributed by atoms with E-state index in [2.05, 4.69) is 19.9 Å². The summed E-state index contributed by atoms with van der Waals surface area (Å²) in [5.74, 6) is 1.86. The minimum Gasteiger partial charge on any atom is -0.258 e. The maximum absolute atomic E-state index is 4.65. The Morgan fingerprint density at radius 3 is 1.67 bits per heavy atom. The Morgan fingerprint density at radius 1 is 0.750 bits per heavy atom. The lowest BCUT2D eigenvalue weighted by atomic mass is 10.2. The van der Waals surface area contributed by atoms with Gasteiger partial charge in [-0.3, -0.25) is 4.99 Å². The molecule has 0 amide bonds. The topological polar surface area (TPSA) is 51.0 Å². The van der Waals surface area contributed by atoms with Crippen molar-refractivity contribution in [3.8, 4) is 22.8 Å². The Bertz CT molecular complexity index is 811. The van der Waals surface area contributed by atoms with Gasteiger partial charge in [-0.1, -0.05) is 66.7 Å². The van der Waals surface area contributed by atoms with Crippen LogP contribution >= 0.6 is 0 Å². The third-order valence-electron chi connectivity index (χ3n) is 3.47. The lowest BCUT2D eigenvalue weighted by Gasteiger charge is -2.08. The molecule has 0 saturated heterocycles. The van der Waals surface area contributed by atoms with Crippen molar-refractivity contribution in [3.63, 3.8) is 0 Å². The molecule has 3 aromatic rings. The molecule has 0 unspecified atom stereocenters. The van der Waals surface area contributed by atoms with Crippen LogP contribution in [0, 0.1) is 0 Å². The van der Waals surface area contributed by atoms with Gasteiger partial charge in [0.15, 0.2) is 17.5 Å². The summed E-state index contributed by atoms with van der Waals surface area (Å²) in [6.07, 6.45) is 3.64. The van der Waals surface area contributed by atoms with E-state index in [4.69, 9.17) is 0 Å². The van der Waals surface area contributed by atoms with Crippen LogP contribution in [-0.2, 0) is 0 Å². The van der Waals surface area contributed by atoms with Crippen molar-refractivity contribution >= 4 is 11.9 Å². The second-order valence-corrected chi connectivity index (χ2v) is 5.10. The summed E-state index contributed by atoms with van der Waals surface area (Å²) in [6.45, 7) is 3.80. The van der Waals surface area contributed by atoms with Gasteiger partial charge in [-0.15, -0.1) is 0 Å². The lowest BCUT2D eigenvalue weighted by molar-refractivity contribution is 1.03. The summed E-state index contributed by atoms with van der Waals surface area (Å²) in [7, 11) is 0. The second-order valence-electron chi connectivity index (χ2n) is 5.10. The van der Waals surface area contributed by atoms with Gasteiger partial charge in [0.1, 0.15) is 5.70 Å². The van der Waals surface area contributed by atoms with Crippen molar-refractivity contribution in [2.24, 2.45) is 4.99 Å². The van der Waals surface area contributed by atoms with Gasteiger partial charge in [0, 0.05) is 17.3 Å². The number of nitrogens with zero attached hydrogens (tertiary/aromatic N) is 4. The quantitative estimate of drug-likeness (QED) is 0.658. The second kappa shape index (κ2) is 7.42. The third-order valence-corrected chi connectivity index (χ3v) is 3.47. The maximum atomic E-state index is 4.65. The van der Waals surface area contributed by atoms with Crippen LogP contribution in [-0.4, -0.2) is 21.2 Å². The zero-order valence-electron chi connectivity index (χ0n) is 13.7. The van der Waals surface area contributed by atoms with E-state index >= 15 is 0 Å². The summed E-state index contributed by atoms with van der Waals surface area (Å²) in [6, 6.07) is 19.8. The molecule has 0 fully saturated rings.